The minimum absolute atomic E-state index is 0.157. The fraction of sp³-hybridized carbons (Fsp3) is 0.238. The van der Waals surface area contributed by atoms with Gasteiger partial charge in [0.1, 0.15) is 11.4 Å². The van der Waals surface area contributed by atoms with Crippen molar-refractivity contribution in [3.63, 3.8) is 0 Å². The summed E-state index contributed by atoms with van der Waals surface area (Å²) in [6, 6.07) is 11.0. The molecule has 1 heterocycles. The van der Waals surface area contributed by atoms with Crippen molar-refractivity contribution >= 4 is 51.6 Å². The number of halogens is 2. The Hall–Kier alpha value is -2.50. The monoisotopic (exact) mass is 417 g/mol. The van der Waals surface area contributed by atoms with Gasteiger partial charge in [-0.1, -0.05) is 41.4 Å². The Morgan fingerprint density at radius 1 is 1.07 bits per heavy atom. The van der Waals surface area contributed by atoms with Crippen LogP contribution in [-0.2, 0) is 6.42 Å². The zero-order valence-electron chi connectivity index (χ0n) is 16.1. The van der Waals surface area contributed by atoms with Crippen LogP contribution in [0.4, 0.5) is 11.5 Å². The molecule has 0 aliphatic rings. The van der Waals surface area contributed by atoms with Crippen LogP contribution in [0.15, 0.2) is 36.4 Å². The summed E-state index contributed by atoms with van der Waals surface area (Å²) in [7, 11) is 7.37. The number of fused-ring (bicyclic) bond motifs is 1. The van der Waals surface area contributed by atoms with E-state index in [2.05, 4.69) is 0 Å². The predicted octanol–water partition coefficient (Wildman–Crippen LogP) is 4.96. The third-order valence-electron chi connectivity index (χ3n) is 4.57. The Morgan fingerprint density at radius 3 is 2.32 bits per heavy atom. The van der Waals surface area contributed by atoms with Crippen LogP contribution in [0.1, 0.15) is 21.5 Å². The molecule has 0 amide bonds. The summed E-state index contributed by atoms with van der Waals surface area (Å²) in [5.41, 5.74) is 3.16. The van der Waals surface area contributed by atoms with Crippen LogP contribution in [0.2, 0.25) is 10.0 Å². The maximum atomic E-state index is 12.2. The van der Waals surface area contributed by atoms with Gasteiger partial charge in [-0.3, -0.25) is 0 Å². The van der Waals surface area contributed by atoms with Gasteiger partial charge in [-0.15, -0.1) is 0 Å². The second-order valence-corrected chi connectivity index (χ2v) is 7.82. The number of carbonyl (C=O) groups is 1. The molecule has 0 saturated heterocycles. The fourth-order valence-corrected chi connectivity index (χ4v) is 3.68. The molecule has 3 aromatic rings. The average molecular weight is 418 g/mol. The van der Waals surface area contributed by atoms with E-state index < -0.39 is 5.97 Å². The first-order chi connectivity index (χ1) is 13.2. The summed E-state index contributed by atoms with van der Waals surface area (Å²) in [5.74, 6) is -0.640. The van der Waals surface area contributed by atoms with Crippen molar-refractivity contribution in [2.45, 2.75) is 6.42 Å². The van der Waals surface area contributed by atoms with E-state index in [0.29, 0.717) is 38.8 Å². The van der Waals surface area contributed by atoms with Crippen LogP contribution in [-0.4, -0.2) is 44.3 Å². The molecular weight excluding hydrogens is 397 g/mol. The van der Waals surface area contributed by atoms with Crippen LogP contribution in [0.3, 0.4) is 0 Å². The molecule has 7 heteroatoms. The lowest BCUT2D eigenvalue weighted by Gasteiger charge is -2.23. The predicted molar refractivity (Wildman–Crippen MR) is 117 cm³/mol. The molecule has 1 aromatic heterocycles. The van der Waals surface area contributed by atoms with Crippen molar-refractivity contribution in [3.8, 4) is 0 Å². The number of rotatable bonds is 5. The van der Waals surface area contributed by atoms with Crippen molar-refractivity contribution < 1.29 is 9.90 Å². The Morgan fingerprint density at radius 2 is 1.75 bits per heavy atom. The van der Waals surface area contributed by atoms with Gasteiger partial charge in [-0.2, -0.15) is 0 Å². The van der Waals surface area contributed by atoms with E-state index in [1.165, 1.54) is 0 Å². The highest BCUT2D eigenvalue weighted by Gasteiger charge is 2.24. The molecule has 0 bridgehead atoms. The molecular formula is C21H21Cl2N3O2. The molecule has 0 spiro atoms. The summed E-state index contributed by atoms with van der Waals surface area (Å²) in [4.78, 5) is 20.6. The third-order valence-corrected chi connectivity index (χ3v) is 5.15. The SMILES string of the molecule is CN(C)c1nc2c(N(C)C)cc(Cl)cc2c(Cc2ccccc2Cl)c1C(=O)O. The summed E-state index contributed by atoms with van der Waals surface area (Å²) in [6.45, 7) is 0. The molecule has 28 heavy (non-hydrogen) atoms. The second-order valence-electron chi connectivity index (χ2n) is 6.97. The first kappa shape index (κ1) is 20.2. The van der Waals surface area contributed by atoms with Crippen LogP contribution in [0.25, 0.3) is 10.9 Å². The molecule has 2 aromatic carbocycles. The number of nitrogens with zero attached hydrogens (tertiary/aromatic N) is 3. The van der Waals surface area contributed by atoms with Crippen molar-refractivity contribution in [3.05, 3.63) is 63.1 Å². The van der Waals surface area contributed by atoms with Gasteiger partial charge in [-0.25, -0.2) is 9.78 Å². The summed E-state index contributed by atoms with van der Waals surface area (Å²) in [6.07, 6.45) is 0.356. The fourth-order valence-electron chi connectivity index (χ4n) is 3.27. The summed E-state index contributed by atoms with van der Waals surface area (Å²) < 4.78 is 0. The molecule has 3 rings (SSSR count). The summed E-state index contributed by atoms with van der Waals surface area (Å²) in [5, 5.41) is 11.8. The molecule has 0 radical (unpaired) electrons. The molecule has 146 valence electrons. The molecule has 1 N–H and O–H groups in total. The normalized spacial score (nSPS) is 10.9. The maximum Gasteiger partial charge on any atom is 0.339 e. The quantitative estimate of drug-likeness (QED) is 0.635. The lowest BCUT2D eigenvalue weighted by molar-refractivity contribution is 0.0696. The number of pyridine rings is 1. The number of benzene rings is 2. The van der Waals surface area contributed by atoms with E-state index >= 15 is 0 Å². The number of aromatic carboxylic acids is 1. The smallest absolute Gasteiger partial charge is 0.339 e. The highest BCUT2D eigenvalue weighted by molar-refractivity contribution is 6.32. The minimum atomic E-state index is -1.04. The van der Waals surface area contributed by atoms with Gasteiger partial charge < -0.3 is 14.9 Å². The Kier molecular flexibility index (Phi) is 5.68. The number of aromatic nitrogens is 1. The largest absolute Gasteiger partial charge is 0.478 e. The van der Waals surface area contributed by atoms with E-state index in [1.807, 2.05) is 43.3 Å². The number of hydrogen-bond donors (Lipinski definition) is 1. The third kappa shape index (κ3) is 3.73. The molecule has 0 aliphatic carbocycles. The van der Waals surface area contributed by atoms with E-state index in [4.69, 9.17) is 28.2 Å². The first-order valence-corrected chi connectivity index (χ1v) is 9.43. The number of carboxylic acids is 1. The van der Waals surface area contributed by atoms with Crippen LogP contribution < -0.4 is 9.80 Å². The van der Waals surface area contributed by atoms with Crippen molar-refractivity contribution in [2.75, 3.05) is 38.0 Å². The minimum Gasteiger partial charge on any atom is -0.478 e. The van der Waals surface area contributed by atoms with Gasteiger partial charge in [0.25, 0.3) is 0 Å². The molecule has 0 saturated carbocycles. The van der Waals surface area contributed by atoms with Gasteiger partial charge in [0.15, 0.2) is 0 Å². The summed E-state index contributed by atoms with van der Waals surface area (Å²) >= 11 is 12.7. The second kappa shape index (κ2) is 7.86. The van der Waals surface area contributed by atoms with Gasteiger partial charge in [0.05, 0.1) is 11.2 Å². The molecule has 0 fully saturated rings. The van der Waals surface area contributed by atoms with Crippen LogP contribution in [0.5, 0.6) is 0 Å². The zero-order valence-corrected chi connectivity index (χ0v) is 17.6. The van der Waals surface area contributed by atoms with E-state index in [9.17, 15) is 9.90 Å². The molecule has 5 nitrogen and oxygen atoms in total. The van der Waals surface area contributed by atoms with Crippen molar-refractivity contribution in [2.24, 2.45) is 0 Å². The Bertz CT molecular complexity index is 1070. The topological polar surface area (TPSA) is 56.7 Å². The lowest BCUT2D eigenvalue weighted by Crippen LogP contribution is -2.19. The van der Waals surface area contributed by atoms with Gasteiger partial charge in [-0.05, 0) is 29.3 Å². The number of hydrogen-bond acceptors (Lipinski definition) is 4. The number of anilines is 2. The van der Waals surface area contributed by atoms with E-state index in [1.54, 1.807) is 31.1 Å². The van der Waals surface area contributed by atoms with Gasteiger partial charge >= 0.3 is 5.97 Å². The first-order valence-electron chi connectivity index (χ1n) is 8.68. The zero-order chi connectivity index (χ0) is 20.6. The lowest BCUT2D eigenvalue weighted by atomic mass is 9.95. The van der Waals surface area contributed by atoms with E-state index in [0.717, 1.165) is 11.3 Å². The highest BCUT2D eigenvalue weighted by Crippen LogP contribution is 2.37. The van der Waals surface area contributed by atoms with Gasteiger partial charge in [0.2, 0.25) is 0 Å². The molecule has 0 aliphatic heterocycles. The van der Waals surface area contributed by atoms with Crippen molar-refractivity contribution in [1.29, 1.82) is 0 Å². The molecule has 0 atom stereocenters. The van der Waals surface area contributed by atoms with Gasteiger partial charge in [0, 0.05) is 50.0 Å². The van der Waals surface area contributed by atoms with Crippen LogP contribution >= 0.6 is 23.2 Å². The van der Waals surface area contributed by atoms with Crippen LogP contribution in [0, 0.1) is 0 Å². The maximum absolute atomic E-state index is 12.2. The Labute approximate surface area is 174 Å². The Balaban J connectivity index is 2.45. The number of carboxylic acid groups (broad SMARTS) is 1. The molecule has 0 unspecified atom stereocenters. The standard InChI is InChI=1S/C21H21Cl2N3O2/c1-25(2)17-11-13(22)10-15-14(9-12-7-5-6-8-16(12)23)18(21(27)28)20(26(3)4)24-19(15)17/h5-8,10-11H,9H2,1-4H3,(H,27,28). The average Bonchev–Trinajstić information content (AvgIpc) is 2.62. The van der Waals surface area contributed by atoms with E-state index in [-0.39, 0.29) is 5.56 Å². The highest BCUT2D eigenvalue weighted by atomic mass is 35.5. The van der Waals surface area contributed by atoms with Crippen molar-refractivity contribution in [1.82, 2.24) is 4.98 Å².